The molecule has 0 aliphatic rings. The molecule has 0 aliphatic heterocycles. The molecule has 7 heteroatoms. The Bertz CT molecular complexity index is 738. The molecule has 0 spiro atoms. The molecule has 1 aromatic heterocycles. The average molecular weight is 316 g/mol. The van der Waals surface area contributed by atoms with Gasteiger partial charge in [0.25, 0.3) is 5.91 Å². The molecule has 0 radical (unpaired) electrons. The maximum atomic E-state index is 11.7. The fourth-order valence-corrected chi connectivity index (χ4v) is 1.74. The lowest BCUT2D eigenvalue weighted by Gasteiger charge is -2.06. The molecule has 6 nitrogen and oxygen atoms in total. The minimum absolute atomic E-state index is 0.163. The first-order valence-electron chi connectivity index (χ1n) is 6.17. The van der Waals surface area contributed by atoms with Gasteiger partial charge < -0.3 is 10.1 Å². The number of pyridine rings is 1. The molecule has 1 amide bonds. The monoisotopic (exact) mass is 315 g/mol. The van der Waals surface area contributed by atoms with Crippen LogP contribution in [-0.2, 0) is 9.53 Å². The number of nitriles is 1. The molecule has 0 saturated carbocycles. The van der Waals surface area contributed by atoms with Crippen LogP contribution in [0.5, 0.6) is 0 Å². The quantitative estimate of drug-likeness (QED) is 0.691. The predicted octanol–water partition coefficient (Wildman–Crippen LogP) is 2.40. The van der Waals surface area contributed by atoms with E-state index < -0.39 is 18.5 Å². The Balaban J connectivity index is 1.87. The minimum atomic E-state index is -0.667. The first-order valence-corrected chi connectivity index (χ1v) is 6.55. The van der Waals surface area contributed by atoms with Gasteiger partial charge in [0.1, 0.15) is 5.15 Å². The first kappa shape index (κ1) is 15.5. The van der Waals surface area contributed by atoms with Crippen LogP contribution in [0.2, 0.25) is 5.15 Å². The molecule has 0 aliphatic carbocycles. The summed E-state index contributed by atoms with van der Waals surface area (Å²) in [4.78, 5) is 27.1. The van der Waals surface area contributed by atoms with Crippen LogP contribution < -0.4 is 5.32 Å². The molecule has 0 atom stereocenters. The van der Waals surface area contributed by atoms with Gasteiger partial charge in [-0.15, -0.1) is 0 Å². The fraction of sp³-hybridized carbons (Fsp3) is 0.0667. The zero-order chi connectivity index (χ0) is 15.9. The molecule has 0 saturated heterocycles. The molecule has 1 N–H and O–H groups in total. The highest BCUT2D eigenvalue weighted by Crippen LogP contribution is 2.10. The molecule has 2 aromatic rings. The molecule has 0 fully saturated rings. The van der Waals surface area contributed by atoms with Crippen LogP contribution in [0.25, 0.3) is 0 Å². The van der Waals surface area contributed by atoms with Crippen molar-refractivity contribution in [1.29, 1.82) is 5.26 Å². The number of anilines is 1. The van der Waals surface area contributed by atoms with Crippen molar-refractivity contribution in [3.63, 3.8) is 0 Å². The number of carbonyl (C=O) groups excluding carboxylic acids is 2. The van der Waals surface area contributed by atoms with Gasteiger partial charge in [-0.05, 0) is 36.4 Å². The summed E-state index contributed by atoms with van der Waals surface area (Å²) < 4.78 is 4.87. The summed E-state index contributed by atoms with van der Waals surface area (Å²) in [5.74, 6) is -1.16. The molecular formula is C15H10ClN3O3. The van der Waals surface area contributed by atoms with Gasteiger partial charge in [0.05, 0.1) is 17.2 Å². The van der Waals surface area contributed by atoms with Crippen molar-refractivity contribution in [3.05, 3.63) is 58.9 Å². The van der Waals surface area contributed by atoms with Crippen LogP contribution in [-0.4, -0.2) is 23.5 Å². The third kappa shape index (κ3) is 4.30. The Morgan fingerprint density at radius 3 is 2.64 bits per heavy atom. The highest BCUT2D eigenvalue weighted by molar-refractivity contribution is 6.29. The lowest BCUT2D eigenvalue weighted by atomic mass is 10.2. The van der Waals surface area contributed by atoms with Crippen LogP contribution in [0.15, 0.2) is 42.6 Å². The van der Waals surface area contributed by atoms with E-state index in [1.54, 1.807) is 24.3 Å². The van der Waals surface area contributed by atoms with E-state index in [0.29, 0.717) is 11.3 Å². The molecule has 0 unspecified atom stereocenters. The van der Waals surface area contributed by atoms with Crippen molar-refractivity contribution in [1.82, 2.24) is 4.98 Å². The number of halogens is 1. The third-order valence-corrected chi connectivity index (χ3v) is 2.80. The van der Waals surface area contributed by atoms with E-state index in [1.165, 1.54) is 18.3 Å². The maximum absolute atomic E-state index is 11.7. The van der Waals surface area contributed by atoms with Crippen LogP contribution in [0.4, 0.5) is 5.69 Å². The van der Waals surface area contributed by atoms with Crippen molar-refractivity contribution in [2.75, 3.05) is 11.9 Å². The third-order valence-electron chi connectivity index (χ3n) is 2.59. The van der Waals surface area contributed by atoms with Crippen molar-refractivity contribution in [2.24, 2.45) is 0 Å². The van der Waals surface area contributed by atoms with E-state index in [4.69, 9.17) is 21.6 Å². The number of nitrogens with zero attached hydrogens (tertiary/aromatic N) is 2. The largest absolute Gasteiger partial charge is 0.452 e. The highest BCUT2D eigenvalue weighted by atomic mass is 35.5. The number of rotatable bonds is 4. The van der Waals surface area contributed by atoms with Crippen molar-refractivity contribution >= 4 is 29.2 Å². The first-order chi connectivity index (χ1) is 10.6. The summed E-state index contributed by atoms with van der Waals surface area (Å²) in [5, 5.41) is 11.4. The number of ether oxygens (including phenoxy) is 1. The van der Waals surface area contributed by atoms with E-state index in [1.807, 2.05) is 6.07 Å². The lowest BCUT2D eigenvalue weighted by Crippen LogP contribution is -2.20. The van der Waals surface area contributed by atoms with Gasteiger partial charge >= 0.3 is 5.97 Å². The molecule has 0 bridgehead atoms. The zero-order valence-corrected chi connectivity index (χ0v) is 12.0. The van der Waals surface area contributed by atoms with Crippen molar-refractivity contribution < 1.29 is 14.3 Å². The van der Waals surface area contributed by atoms with E-state index >= 15 is 0 Å². The second-order valence-electron chi connectivity index (χ2n) is 4.18. The number of esters is 1. The summed E-state index contributed by atoms with van der Waals surface area (Å²) in [5.41, 5.74) is 1.21. The summed E-state index contributed by atoms with van der Waals surface area (Å²) in [7, 11) is 0. The molecular weight excluding hydrogens is 306 g/mol. The number of benzene rings is 1. The number of amides is 1. The zero-order valence-electron chi connectivity index (χ0n) is 11.2. The average Bonchev–Trinajstić information content (AvgIpc) is 2.53. The van der Waals surface area contributed by atoms with Crippen molar-refractivity contribution in [2.45, 2.75) is 0 Å². The Labute approximate surface area is 131 Å². The lowest BCUT2D eigenvalue weighted by molar-refractivity contribution is -0.119. The summed E-state index contributed by atoms with van der Waals surface area (Å²) in [6.07, 6.45) is 1.37. The van der Waals surface area contributed by atoms with Gasteiger partial charge in [0, 0.05) is 11.9 Å². The van der Waals surface area contributed by atoms with E-state index in [9.17, 15) is 9.59 Å². The predicted molar refractivity (Wildman–Crippen MR) is 79.3 cm³/mol. The van der Waals surface area contributed by atoms with Gasteiger partial charge in [-0.3, -0.25) is 4.79 Å². The van der Waals surface area contributed by atoms with Gasteiger partial charge in [0.15, 0.2) is 6.61 Å². The number of aromatic nitrogens is 1. The number of hydrogen-bond acceptors (Lipinski definition) is 5. The van der Waals surface area contributed by atoms with Crippen LogP contribution >= 0.6 is 11.6 Å². The molecule has 110 valence electrons. The molecule has 1 aromatic carbocycles. The SMILES string of the molecule is N#Cc1ccc(NC(=O)COC(=O)c2ccnc(Cl)c2)cc1. The Morgan fingerprint density at radius 1 is 1.27 bits per heavy atom. The fourth-order valence-electron chi connectivity index (χ4n) is 1.57. The summed E-state index contributed by atoms with van der Waals surface area (Å²) in [6.45, 7) is -0.432. The van der Waals surface area contributed by atoms with E-state index in [-0.39, 0.29) is 10.7 Å². The van der Waals surface area contributed by atoms with E-state index in [2.05, 4.69) is 10.3 Å². The number of carbonyl (C=O) groups is 2. The maximum Gasteiger partial charge on any atom is 0.338 e. The highest BCUT2D eigenvalue weighted by Gasteiger charge is 2.11. The smallest absolute Gasteiger partial charge is 0.338 e. The van der Waals surface area contributed by atoms with Crippen LogP contribution in [0.3, 0.4) is 0 Å². The number of nitrogens with one attached hydrogen (secondary N) is 1. The molecule has 2 rings (SSSR count). The number of hydrogen-bond donors (Lipinski definition) is 1. The van der Waals surface area contributed by atoms with E-state index in [0.717, 1.165) is 0 Å². The standard InChI is InChI=1S/C15H10ClN3O3/c16-13-7-11(5-6-18-13)15(21)22-9-14(20)19-12-3-1-10(8-17)2-4-12/h1-7H,9H2,(H,19,20). The Morgan fingerprint density at radius 2 is 2.00 bits per heavy atom. The van der Waals surface area contributed by atoms with Gasteiger partial charge in [-0.2, -0.15) is 5.26 Å². The van der Waals surface area contributed by atoms with Crippen molar-refractivity contribution in [3.8, 4) is 6.07 Å². The second-order valence-corrected chi connectivity index (χ2v) is 4.57. The van der Waals surface area contributed by atoms with Gasteiger partial charge in [-0.1, -0.05) is 11.6 Å². The van der Waals surface area contributed by atoms with Gasteiger partial charge in [-0.25, -0.2) is 9.78 Å². The van der Waals surface area contributed by atoms with Crippen LogP contribution in [0.1, 0.15) is 15.9 Å². The normalized spacial score (nSPS) is 9.64. The Hall–Kier alpha value is -2.91. The topological polar surface area (TPSA) is 92.1 Å². The molecule has 1 heterocycles. The Kier molecular flexibility index (Phi) is 5.07. The minimum Gasteiger partial charge on any atom is -0.452 e. The summed E-state index contributed by atoms with van der Waals surface area (Å²) in [6, 6.07) is 11.1. The second kappa shape index (κ2) is 7.20. The van der Waals surface area contributed by atoms with Crippen LogP contribution in [0, 0.1) is 11.3 Å². The molecule has 22 heavy (non-hydrogen) atoms. The van der Waals surface area contributed by atoms with Gasteiger partial charge in [0.2, 0.25) is 0 Å². The summed E-state index contributed by atoms with van der Waals surface area (Å²) >= 11 is 5.66.